The monoisotopic (exact) mass is 908 g/mol. The number of benzene rings is 2. The Labute approximate surface area is 341 Å². The van der Waals surface area contributed by atoms with Gasteiger partial charge in [0, 0.05) is 0 Å². The molecule has 308 valence electrons. The molecule has 0 fully saturated rings. The van der Waals surface area contributed by atoms with E-state index < -0.39 is 39.5 Å². The van der Waals surface area contributed by atoms with Crippen LogP contribution in [-0.4, -0.2) is 77.4 Å². The topological polar surface area (TPSA) is 105 Å². The average molecular weight is 908 g/mol. The van der Waals surface area contributed by atoms with Gasteiger partial charge in [-0.05, 0) is 11.8 Å². The molecule has 0 aromatic heterocycles. The van der Waals surface area contributed by atoms with Crippen LogP contribution in [-0.2, 0) is 18.9 Å². The van der Waals surface area contributed by atoms with Crippen LogP contribution in [0.4, 0.5) is 0 Å². The van der Waals surface area contributed by atoms with Gasteiger partial charge in [-0.25, -0.2) is 0 Å². The van der Waals surface area contributed by atoms with E-state index in [-0.39, 0.29) is 35.5 Å². The molecular formula is C44H68O8S2Sn. The molecule has 2 aromatic carbocycles. The van der Waals surface area contributed by atoms with E-state index in [4.69, 9.17) is 18.9 Å². The van der Waals surface area contributed by atoms with Crippen molar-refractivity contribution in [3.05, 3.63) is 70.8 Å². The van der Waals surface area contributed by atoms with E-state index >= 15 is 0 Å². The second-order valence-corrected chi connectivity index (χ2v) is 41.5. The fourth-order valence-electron chi connectivity index (χ4n) is 6.05. The van der Waals surface area contributed by atoms with Crippen molar-refractivity contribution in [2.75, 3.05) is 37.9 Å². The van der Waals surface area contributed by atoms with Crippen molar-refractivity contribution >= 4 is 57.4 Å². The fraction of sp³-hybridized carbons (Fsp3) is 0.636. The number of hydrogen-bond acceptors (Lipinski definition) is 10. The van der Waals surface area contributed by atoms with Crippen LogP contribution in [0.2, 0.25) is 8.87 Å². The minimum absolute atomic E-state index is 0.229. The molecule has 0 radical (unpaired) electrons. The van der Waals surface area contributed by atoms with Gasteiger partial charge < -0.3 is 0 Å². The molecule has 0 saturated carbocycles. The Balaban J connectivity index is 1.93. The van der Waals surface area contributed by atoms with Gasteiger partial charge in [0.2, 0.25) is 0 Å². The van der Waals surface area contributed by atoms with Crippen molar-refractivity contribution in [2.24, 2.45) is 11.8 Å². The van der Waals surface area contributed by atoms with Gasteiger partial charge in [-0.15, -0.1) is 0 Å². The van der Waals surface area contributed by atoms with Crippen molar-refractivity contribution in [3.8, 4) is 0 Å². The Morgan fingerprint density at radius 3 is 1.13 bits per heavy atom. The molecule has 2 aromatic rings. The third-order valence-electron chi connectivity index (χ3n) is 9.24. The minimum atomic E-state index is -2.89. The number of hydrogen-bond donors (Lipinski definition) is 0. The molecule has 0 unspecified atom stereocenters. The summed E-state index contributed by atoms with van der Waals surface area (Å²) in [6.07, 6.45) is 12.6. The van der Waals surface area contributed by atoms with Gasteiger partial charge in [0.1, 0.15) is 0 Å². The number of ether oxygens (including phenoxy) is 4. The van der Waals surface area contributed by atoms with E-state index in [2.05, 4.69) is 41.5 Å². The smallest absolute Gasteiger partial charge is 0.0628 e. The molecule has 2 rings (SSSR count). The molecule has 0 saturated heterocycles. The summed E-state index contributed by atoms with van der Waals surface area (Å²) in [4.78, 5) is 52.1. The van der Waals surface area contributed by atoms with E-state index in [0.717, 1.165) is 77.0 Å². The van der Waals surface area contributed by atoms with Gasteiger partial charge in [-0.3, -0.25) is 0 Å². The first-order valence-corrected chi connectivity index (χ1v) is 33.7. The number of carbonyl (C=O) groups excluding carboxylic acids is 4. The van der Waals surface area contributed by atoms with Crippen LogP contribution < -0.4 is 0 Å². The summed E-state index contributed by atoms with van der Waals surface area (Å²) in [6, 6.07) is 13.4. The fourth-order valence-corrected chi connectivity index (χ4v) is 36.0. The average Bonchev–Trinajstić information content (AvgIpc) is 3.18. The number of unbranched alkanes of at least 4 members (excludes halogenated alkanes) is 6. The van der Waals surface area contributed by atoms with E-state index in [1.165, 1.54) is 8.87 Å². The maximum absolute atomic E-state index is 13.2. The first kappa shape index (κ1) is 49.0. The van der Waals surface area contributed by atoms with Crippen LogP contribution in [0.25, 0.3) is 0 Å². The Morgan fingerprint density at radius 1 is 0.491 bits per heavy atom. The summed E-state index contributed by atoms with van der Waals surface area (Å²) in [7, 11) is 3.99. The molecule has 0 amide bonds. The zero-order chi connectivity index (χ0) is 40.3. The van der Waals surface area contributed by atoms with Crippen molar-refractivity contribution in [2.45, 2.75) is 127 Å². The van der Waals surface area contributed by atoms with Gasteiger partial charge in [0.15, 0.2) is 0 Å². The first-order valence-electron chi connectivity index (χ1n) is 20.7. The summed E-state index contributed by atoms with van der Waals surface area (Å²) in [5, 5.41) is 0. The maximum atomic E-state index is 13.2. The van der Waals surface area contributed by atoms with Gasteiger partial charge >= 0.3 is 278 Å². The Kier molecular flexibility index (Phi) is 25.9. The van der Waals surface area contributed by atoms with Crippen LogP contribution in [0.1, 0.15) is 160 Å². The van der Waals surface area contributed by atoms with E-state index in [0.29, 0.717) is 36.6 Å². The summed E-state index contributed by atoms with van der Waals surface area (Å²) in [6.45, 7) is 14.4. The van der Waals surface area contributed by atoms with Crippen LogP contribution >= 0.6 is 17.9 Å². The Bertz CT molecular complexity index is 1310. The third-order valence-corrected chi connectivity index (χ3v) is 40.1. The van der Waals surface area contributed by atoms with Crippen LogP contribution in [0, 0.1) is 11.8 Å². The summed E-state index contributed by atoms with van der Waals surface area (Å²) in [5.41, 5.74) is 0.928. The molecule has 0 spiro atoms. The van der Waals surface area contributed by atoms with Gasteiger partial charge in [-0.2, -0.15) is 0 Å². The quantitative estimate of drug-likeness (QED) is 0.0326. The predicted molar refractivity (Wildman–Crippen MR) is 231 cm³/mol. The summed E-state index contributed by atoms with van der Waals surface area (Å²) in [5.74, 6) is 0.659. The van der Waals surface area contributed by atoms with Gasteiger partial charge in [0.05, 0.1) is 0 Å². The van der Waals surface area contributed by atoms with E-state index in [1.54, 1.807) is 48.5 Å². The molecule has 0 aliphatic carbocycles. The molecule has 0 bridgehead atoms. The van der Waals surface area contributed by atoms with Crippen molar-refractivity contribution < 1.29 is 38.1 Å². The molecule has 55 heavy (non-hydrogen) atoms. The minimum Gasteiger partial charge on any atom is -0.0628 e. The van der Waals surface area contributed by atoms with E-state index in [1.807, 2.05) is 17.9 Å². The van der Waals surface area contributed by atoms with Crippen LogP contribution in [0.15, 0.2) is 48.5 Å². The molecule has 0 aliphatic heterocycles. The molecule has 0 N–H and O–H groups in total. The number of esters is 4. The number of rotatable bonds is 30. The van der Waals surface area contributed by atoms with E-state index in [9.17, 15) is 19.2 Å². The first-order chi connectivity index (χ1) is 26.5. The molecular weight excluding hydrogens is 839 g/mol. The van der Waals surface area contributed by atoms with Crippen molar-refractivity contribution in [1.29, 1.82) is 0 Å². The van der Waals surface area contributed by atoms with Gasteiger partial charge in [-0.1, -0.05) is 53.4 Å². The van der Waals surface area contributed by atoms with Crippen molar-refractivity contribution in [1.82, 2.24) is 0 Å². The second-order valence-electron chi connectivity index (χ2n) is 14.9. The van der Waals surface area contributed by atoms with Crippen LogP contribution in [0.5, 0.6) is 0 Å². The summed E-state index contributed by atoms with van der Waals surface area (Å²) < 4.78 is 24.9. The Hall–Kier alpha value is -2.18. The zero-order valence-corrected chi connectivity index (χ0v) is 39.0. The number of carbonyl (C=O) groups is 4. The van der Waals surface area contributed by atoms with Crippen molar-refractivity contribution in [3.63, 3.8) is 0 Å². The molecule has 0 atom stereocenters. The molecule has 0 aliphatic rings. The molecule has 11 heteroatoms. The normalized spacial score (nSPS) is 11.5. The second kappa shape index (κ2) is 29.1. The van der Waals surface area contributed by atoms with Gasteiger partial charge in [0.25, 0.3) is 0 Å². The molecule has 8 nitrogen and oxygen atoms in total. The third kappa shape index (κ3) is 20.2. The predicted octanol–water partition coefficient (Wildman–Crippen LogP) is 12.0. The van der Waals surface area contributed by atoms with Crippen LogP contribution in [0.3, 0.4) is 0 Å². The SMILES string of the molecule is CCC[CH2][Sn]([CH2]CCC)([S]CCOC(=O)c1ccccc1C(=O)OCCCCCC(C)C)[S]CCOC(=O)c1ccccc1C(=O)OCCCCCC(C)C. The zero-order valence-electron chi connectivity index (χ0n) is 34.5. The Morgan fingerprint density at radius 2 is 0.818 bits per heavy atom. The summed E-state index contributed by atoms with van der Waals surface area (Å²) >= 11 is -2.89. The standard InChI is InChI=1S/2C18H26O4S.2C4H9.Sn/c2*1-14(2)8-4-3-7-11-21-17(19)15-9-5-6-10-16(15)18(20)22-12-13-23;2*1-3-4-2;/h2*5-6,9-10,14,23H,3-4,7-8,11-13H2,1-2H3;2*1,3-4H2,2H3;/q;;;;+2/p-2. The molecule has 0 heterocycles.